The average Bonchev–Trinajstić information content (AvgIpc) is 2.66. The third-order valence-electron chi connectivity index (χ3n) is 4.40. The van der Waals surface area contributed by atoms with Crippen LogP contribution in [-0.4, -0.2) is 46.3 Å². The molecule has 0 aromatic heterocycles. The van der Waals surface area contributed by atoms with E-state index in [2.05, 4.69) is 0 Å². The van der Waals surface area contributed by atoms with Gasteiger partial charge in [0.05, 0.1) is 5.37 Å². The summed E-state index contributed by atoms with van der Waals surface area (Å²) in [6, 6.07) is 9.24. The molecule has 0 N–H and O–H groups in total. The minimum atomic E-state index is -1.15. The van der Waals surface area contributed by atoms with E-state index in [0.29, 0.717) is 12.0 Å². The van der Waals surface area contributed by atoms with E-state index in [-0.39, 0.29) is 12.3 Å². The van der Waals surface area contributed by atoms with Crippen LogP contribution in [0.3, 0.4) is 0 Å². The van der Waals surface area contributed by atoms with Gasteiger partial charge in [0.15, 0.2) is 12.4 Å². The van der Waals surface area contributed by atoms with Crippen molar-refractivity contribution in [2.24, 2.45) is 5.92 Å². The number of hydrogen-bond acceptors (Lipinski definition) is 7. The van der Waals surface area contributed by atoms with E-state index in [9.17, 15) is 19.2 Å². The van der Waals surface area contributed by atoms with Gasteiger partial charge in [0.25, 0.3) is 0 Å². The molecular weight excluding hydrogens is 370 g/mol. The predicted molar refractivity (Wildman–Crippen MR) is 97.1 cm³/mol. The second kappa shape index (κ2) is 7.96. The van der Waals surface area contributed by atoms with E-state index in [1.807, 2.05) is 30.3 Å². The third-order valence-corrected chi connectivity index (χ3v) is 5.84. The first-order valence-electron chi connectivity index (χ1n) is 8.42. The maximum absolute atomic E-state index is 12.6. The quantitative estimate of drug-likeness (QED) is 0.415. The fourth-order valence-corrected chi connectivity index (χ4v) is 4.53. The number of carbonyl (C=O) groups excluding carboxylic acids is 4. The van der Waals surface area contributed by atoms with Crippen LogP contribution in [0.5, 0.6) is 0 Å². The second-order valence-electron chi connectivity index (χ2n) is 6.34. The van der Waals surface area contributed by atoms with Gasteiger partial charge >= 0.3 is 11.9 Å². The first-order valence-corrected chi connectivity index (χ1v) is 9.47. The van der Waals surface area contributed by atoms with Crippen LogP contribution in [0.4, 0.5) is 0 Å². The Kier molecular flexibility index (Phi) is 5.65. The number of ether oxygens (including phenoxy) is 2. The van der Waals surface area contributed by atoms with Crippen LogP contribution in [0.15, 0.2) is 41.6 Å². The lowest BCUT2D eigenvalue weighted by atomic mass is 9.90. The zero-order valence-electron chi connectivity index (χ0n) is 14.9. The molecule has 1 aromatic rings. The molecule has 0 spiro atoms. The van der Waals surface area contributed by atoms with Crippen LogP contribution < -0.4 is 0 Å². The number of nitrogens with zero attached hydrogens (tertiary/aromatic N) is 1. The molecule has 27 heavy (non-hydrogen) atoms. The van der Waals surface area contributed by atoms with E-state index < -0.39 is 35.2 Å². The summed E-state index contributed by atoms with van der Waals surface area (Å²) in [6.45, 7) is 3.05. The topological polar surface area (TPSA) is 90.0 Å². The minimum Gasteiger partial charge on any atom is -0.456 e. The van der Waals surface area contributed by atoms with Gasteiger partial charge in [-0.1, -0.05) is 30.3 Å². The number of benzene rings is 1. The van der Waals surface area contributed by atoms with Gasteiger partial charge in [0.1, 0.15) is 18.2 Å². The molecule has 2 heterocycles. The Hall–Kier alpha value is -2.61. The number of esters is 2. The second-order valence-corrected chi connectivity index (χ2v) is 7.44. The summed E-state index contributed by atoms with van der Waals surface area (Å²) in [5.41, 5.74) is 1.79. The average molecular weight is 389 g/mol. The van der Waals surface area contributed by atoms with Gasteiger partial charge in [-0.3, -0.25) is 19.3 Å². The lowest BCUT2D eigenvalue weighted by molar-refractivity contribution is -0.169. The Morgan fingerprint density at radius 1 is 1.33 bits per heavy atom. The number of carbonyl (C=O) groups is 4. The maximum atomic E-state index is 12.6. The van der Waals surface area contributed by atoms with Crippen molar-refractivity contribution in [2.45, 2.75) is 31.9 Å². The molecule has 1 saturated heterocycles. The summed E-state index contributed by atoms with van der Waals surface area (Å²) in [4.78, 5) is 49.0. The Balaban J connectivity index is 1.73. The number of hydrogen-bond donors (Lipinski definition) is 0. The lowest BCUT2D eigenvalue weighted by Gasteiger charge is -2.50. The van der Waals surface area contributed by atoms with Gasteiger partial charge in [-0.2, -0.15) is 0 Å². The molecule has 3 atom stereocenters. The summed E-state index contributed by atoms with van der Waals surface area (Å²) in [5, 5.41) is -0.435. The number of β-lactam (4-membered cyclic amide) rings is 1. The van der Waals surface area contributed by atoms with Crippen LogP contribution in [0.1, 0.15) is 19.4 Å². The van der Waals surface area contributed by atoms with Crippen LogP contribution in [-0.2, 0) is 35.3 Å². The number of thioether (sulfide) groups is 1. The van der Waals surface area contributed by atoms with E-state index >= 15 is 0 Å². The minimum absolute atomic E-state index is 0.101. The van der Waals surface area contributed by atoms with Crippen molar-refractivity contribution >= 4 is 35.9 Å². The number of amides is 1. The summed E-state index contributed by atoms with van der Waals surface area (Å²) in [5.74, 6) is -1.90. The molecule has 1 amide bonds. The number of fused-ring (bicyclic) bond motifs is 1. The van der Waals surface area contributed by atoms with E-state index in [1.165, 1.54) is 23.6 Å². The van der Waals surface area contributed by atoms with Crippen molar-refractivity contribution in [3.63, 3.8) is 0 Å². The molecule has 2 aliphatic heterocycles. The first kappa shape index (κ1) is 19.2. The summed E-state index contributed by atoms with van der Waals surface area (Å²) in [7, 11) is 0. The highest BCUT2D eigenvalue weighted by atomic mass is 32.2. The van der Waals surface area contributed by atoms with Crippen molar-refractivity contribution in [3.8, 4) is 0 Å². The number of aldehydes is 1. The molecule has 0 radical (unpaired) electrons. The summed E-state index contributed by atoms with van der Waals surface area (Å²) >= 11 is 1.43. The molecule has 1 unspecified atom stereocenters. The molecule has 0 bridgehead atoms. The molecule has 2 aliphatic rings. The zero-order chi connectivity index (χ0) is 19.6. The van der Waals surface area contributed by atoms with Gasteiger partial charge in [-0.15, -0.1) is 11.8 Å². The smallest absolute Gasteiger partial charge is 0.355 e. The summed E-state index contributed by atoms with van der Waals surface area (Å²) in [6.07, 6.45) is -0.691. The molecule has 1 aromatic carbocycles. The van der Waals surface area contributed by atoms with Gasteiger partial charge < -0.3 is 9.47 Å². The first-order chi connectivity index (χ1) is 12.9. The highest BCUT2D eigenvalue weighted by Gasteiger charge is 2.57. The molecule has 3 rings (SSSR count). The van der Waals surface area contributed by atoms with Crippen molar-refractivity contribution in [1.82, 2.24) is 4.90 Å². The Morgan fingerprint density at radius 3 is 2.67 bits per heavy atom. The zero-order valence-corrected chi connectivity index (χ0v) is 15.7. The van der Waals surface area contributed by atoms with E-state index in [0.717, 1.165) is 11.1 Å². The molecule has 8 heteroatoms. The molecule has 0 saturated carbocycles. The predicted octanol–water partition coefficient (Wildman–Crippen LogP) is 1.67. The Labute approximate surface area is 160 Å². The van der Waals surface area contributed by atoms with Crippen LogP contribution in [0.25, 0.3) is 0 Å². The van der Waals surface area contributed by atoms with Crippen LogP contribution in [0.2, 0.25) is 0 Å². The monoisotopic (exact) mass is 389 g/mol. The van der Waals surface area contributed by atoms with Crippen molar-refractivity contribution in [1.29, 1.82) is 0 Å². The highest BCUT2D eigenvalue weighted by Crippen LogP contribution is 2.45. The molecule has 1 fully saturated rings. The molecule has 0 aliphatic carbocycles. The van der Waals surface area contributed by atoms with Crippen LogP contribution in [0, 0.1) is 5.92 Å². The van der Waals surface area contributed by atoms with Gasteiger partial charge in [-0.25, -0.2) is 4.79 Å². The standard InChI is InChI=1S/C19H19NO6S/c1-11-10-27-18-15(14(8-21)26-12(2)22)17(23)20(18)16(11)19(24)25-9-13-6-4-3-5-7-13/h3-8,14-15,18H,9-10H2,1-2H3/t14?,15-,18-/m0/s1. The van der Waals surface area contributed by atoms with Gasteiger partial charge in [0.2, 0.25) is 5.91 Å². The van der Waals surface area contributed by atoms with Crippen molar-refractivity contribution in [2.75, 3.05) is 5.75 Å². The van der Waals surface area contributed by atoms with E-state index in [1.54, 1.807) is 6.92 Å². The van der Waals surface area contributed by atoms with Crippen molar-refractivity contribution < 1.29 is 28.7 Å². The Bertz CT molecular complexity index is 806. The molecule has 142 valence electrons. The molecule has 7 nitrogen and oxygen atoms in total. The summed E-state index contributed by atoms with van der Waals surface area (Å²) < 4.78 is 10.3. The third kappa shape index (κ3) is 3.75. The van der Waals surface area contributed by atoms with Crippen LogP contribution >= 0.6 is 11.8 Å². The maximum Gasteiger partial charge on any atom is 0.355 e. The van der Waals surface area contributed by atoms with E-state index in [4.69, 9.17) is 9.47 Å². The van der Waals surface area contributed by atoms with Crippen molar-refractivity contribution in [3.05, 3.63) is 47.2 Å². The highest BCUT2D eigenvalue weighted by molar-refractivity contribution is 8.00. The fraction of sp³-hybridized carbons (Fsp3) is 0.368. The fourth-order valence-electron chi connectivity index (χ4n) is 3.13. The Morgan fingerprint density at radius 2 is 2.04 bits per heavy atom. The molecular formula is C19H19NO6S. The normalized spacial score (nSPS) is 22.4. The number of rotatable bonds is 6. The van der Waals surface area contributed by atoms with Gasteiger partial charge in [0, 0.05) is 12.7 Å². The van der Waals surface area contributed by atoms with Gasteiger partial charge in [-0.05, 0) is 18.1 Å². The SMILES string of the molecule is CC(=O)OC(C=O)[C@H]1C(=O)N2C(C(=O)OCc3ccccc3)=C(C)CS[C@@H]12. The largest absolute Gasteiger partial charge is 0.456 e. The lowest BCUT2D eigenvalue weighted by Crippen LogP contribution is -2.65.